The number of rotatable bonds is 7. The predicted molar refractivity (Wildman–Crippen MR) is 77.5 cm³/mol. The summed E-state index contributed by atoms with van der Waals surface area (Å²) >= 11 is 6.02. The lowest BCUT2D eigenvalue weighted by Gasteiger charge is -2.22. The van der Waals surface area contributed by atoms with Gasteiger partial charge in [-0.15, -0.1) is 0 Å². The van der Waals surface area contributed by atoms with Gasteiger partial charge in [0.15, 0.2) is 6.29 Å². The number of hydrogen-bond donors (Lipinski definition) is 1. The number of hydrogen-bond acceptors (Lipinski definition) is 3. The molecule has 112 valence electrons. The SMILES string of the molecule is CCCNC(Cc1cccc(F)c1Cl)CC1OCCO1. The second-order valence-corrected chi connectivity index (χ2v) is 5.35. The summed E-state index contributed by atoms with van der Waals surface area (Å²) < 4.78 is 24.5. The van der Waals surface area contributed by atoms with Crippen molar-refractivity contribution in [3.8, 4) is 0 Å². The van der Waals surface area contributed by atoms with Gasteiger partial charge >= 0.3 is 0 Å². The van der Waals surface area contributed by atoms with Crippen molar-refractivity contribution in [2.75, 3.05) is 19.8 Å². The van der Waals surface area contributed by atoms with Gasteiger partial charge in [0, 0.05) is 12.5 Å². The Bertz CT molecular complexity index is 424. The Hall–Kier alpha value is -0.680. The molecular weight excluding hydrogens is 281 g/mol. The Labute approximate surface area is 124 Å². The summed E-state index contributed by atoms with van der Waals surface area (Å²) in [6.07, 6.45) is 2.28. The minimum Gasteiger partial charge on any atom is -0.350 e. The van der Waals surface area contributed by atoms with Crippen LogP contribution in [0.4, 0.5) is 4.39 Å². The van der Waals surface area contributed by atoms with Gasteiger partial charge in [0.1, 0.15) is 5.82 Å². The van der Waals surface area contributed by atoms with Crippen LogP contribution in [0.15, 0.2) is 18.2 Å². The first kappa shape index (κ1) is 15.7. The fourth-order valence-corrected chi connectivity index (χ4v) is 2.54. The predicted octanol–water partition coefficient (Wildman–Crippen LogP) is 3.15. The number of benzene rings is 1. The first-order valence-electron chi connectivity index (χ1n) is 7.10. The minimum absolute atomic E-state index is 0.164. The maximum atomic E-state index is 13.5. The van der Waals surface area contributed by atoms with Gasteiger partial charge < -0.3 is 14.8 Å². The number of ether oxygens (including phenoxy) is 2. The molecule has 1 aromatic carbocycles. The van der Waals surface area contributed by atoms with Crippen LogP contribution in [-0.2, 0) is 15.9 Å². The molecule has 1 heterocycles. The molecule has 0 aliphatic carbocycles. The van der Waals surface area contributed by atoms with Crippen molar-refractivity contribution in [1.29, 1.82) is 0 Å². The molecule has 1 atom stereocenters. The van der Waals surface area contributed by atoms with Crippen molar-refractivity contribution >= 4 is 11.6 Å². The highest BCUT2D eigenvalue weighted by atomic mass is 35.5. The molecule has 2 rings (SSSR count). The van der Waals surface area contributed by atoms with Crippen molar-refractivity contribution < 1.29 is 13.9 Å². The van der Waals surface area contributed by atoms with E-state index in [1.54, 1.807) is 6.07 Å². The third-order valence-electron chi connectivity index (χ3n) is 3.35. The monoisotopic (exact) mass is 301 g/mol. The van der Waals surface area contributed by atoms with E-state index in [4.69, 9.17) is 21.1 Å². The number of halogens is 2. The van der Waals surface area contributed by atoms with Crippen LogP contribution in [0.1, 0.15) is 25.3 Å². The molecule has 0 radical (unpaired) electrons. The zero-order chi connectivity index (χ0) is 14.4. The maximum absolute atomic E-state index is 13.5. The molecule has 0 spiro atoms. The Morgan fingerprint density at radius 2 is 2.15 bits per heavy atom. The van der Waals surface area contributed by atoms with E-state index in [2.05, 4.69) is 12.2 Å². The second-order valence-electron chi connectivity index (χ2n) is 4.97. The molecule has 20 heavy (non-hydrogen) atoms. The zero-order valence-electron chi connectivity index (χ0n) is 11.7. The van der Waals surface area contributed by atoms with Crippen LogP contribution >= 0.6 is 11.6 Å². The molecule has 0 saturated carbocycles. The largest absolute Gasteiger partial charge is 0.350 e. The van der Waals surface area contributed by atoms with E-state index in [0.29, 0.717) is 19.6 Å². The van der Waals surface area contributed by atoms with Gasteiger partial charge in [-0.3, -0.25) is 0 Å². The topological polar surface area (TPSA) is 30.5 Å². The highest BCUT2D eigenvalue weighted by molar-refractivity contribution is 6.31. The van der Waals surface area contributed by atoms with Crippen LogP contribution in [0.5, 0.6) is 0 Å². The molecule has 1 saturated heterocycles. The van der Waals surface area contributed by atoms with Crippen LogP contribution in [0.25, 0.3) is 0 Å². The van der Waals surface area contributed by atoms with Crippen LogP contribution in [0, 0.1) is 5.82 Å². The summed E-state index contributed by atoms with van der Waals surface area (Å²) in [5, 5.41) is 3.66. The van der Waals surface area contributed by atoms with Gasteiger partial charge in [0.25, 0.3) is 0 Å². The second kappa shape index (κ2) is 7.93. The van der Waals surface area contributed by atoms with Crippen LogP contribution in [0.2, 0.25) is 5.02 Å². The Morgan fingerprint density at radius 3 is 2.85 bits per heavy atom. The standard InChI is InChI=1S/C15H21ClFNO2/c1-2-6-18-12(10-14-19-7-8-20-14)9-11-4-3-5-13(17)15(11)16/h3-5,12,14,18H,2,6-10H2,1H3. The molecule has 0 amide bonds. The van der Waals surface area contributed by atoms with Crippen molar-refractivity contribution in [2.45, 2.75) is 38.5 Å². The molecule has 0 bridgehead atoms. The molecule has 1 N–H and O–H groups in total. The molecule has 5 heteroatoms. The van der Waals surface area contributed by atoms with Crippen molar-refractivity contribution in [3.05, 3.63) is 34.6 Å². The lowest BCUT2D eigenvalue weighted by atomic mass is 10.0. The Morgan fingerprint density at radius 1 is 1.40 bits per heavy atom. The fourth-order valence-electron chi connectivity index (χ4n) is 2.33. The van der Waals surface area contributed by atoms with E-state index in [-0.39, 0.29) is 23.2 Å². The molecule has 1 aliphatic heterocycles. The van der Waals surface area contributed by atoms with Gasteiger partial charge in [-0.2, -0.15) is 0 Å². The van der Waals surface area contributed by atoms with Crippen LogP contribution < -0.4 is 5.32 Å². The summed E-state index contributed by atoms with van der Waals surface area (Å²) in [5.41, 5.74) is 0.818. The highest BCUT2D eigenvalue weighted by Crippen LogP contribution is 2.22. The maximum Gasteiger partial charge on any atom is 0.159 e. The first-order chi connectivity index (χ1) is 9.70. The summed E-state index contributed by atoms with van der Waals surface area (Å²) in [7, 11) is 0. The minimum atomic E-state index is -0.369. The summed E-state index contributed by atoms with van der Waals surface area (Å²) in [4.78, 5) is 0. The van der Waals surface area contributed by atoms with Gasteiger partial charge in [-0.1, -0.05) is 30.7 Å². The molecule has 1 aromatic rings. The van der Waals surface area contributed by atoms with Crippen LogP contribution in [-0.4, -0.2) is 32.1 Å². The third-order valence-corrected chi connectivity index (χ3v) is 3.77. The summed E-state index contributed by atoms with van der Waals surface area (Å²) in [6, 6.07) is 5.10. The normalized spacial score (nSPS) is 17.6. The van der Waals surface area contributed by atoms with Gasteiger partial charge in [-0.25, -0.2) is 4.39 Å². The zero-order valence-corrected chi connectivity index (χ0v) is 12.5. The van der Waals surface area contributed by atoms with Crippen LogP contribution in [0.3, 0.4) is 0 Å². The molecule has 0 aromatic heterocycles. The Kier molecular flexibility index (Phi) is 6.23. The average Bonchev–Trinajstić information content (AvgIpc) is 2.94. The van der Waals surface area contributed by atoms with Gasteiger partial charge in [-0.05, 0) is 31.0 Å². The smallest absolute Gasteiger partial charge is 0.159 e. The fraction of sp³-hybridized carbons (Fsp3) is 0.600. The highest BCUT2D eigenvalue weighted by Gasteiger charge is 2.22. The third kappa shape index (κ3) is 4.42. The van der Waals surface area contributed by atoms with Gasteiger partial charge in [0.2, 0.25) is 0 Å². The quantitative estimate of drug-likeness (QED) is 0.839. The molecule has 1 unspecified atom stereocenters. The van der Waals surface area contributed by atoms with Crippen molar-refractivity contribution in [2.24, 2.45) is 0 Å². The molecule has 1 aliphatic rings. The van der Waals surface area contributed by atoms with E-state index in [9.17, 15) is 4.39 Å². The Balaban J connectivity index is 1.99. The average molecular weight is 302 g/mol. The lowest BCUT2D eigenvalue weighted by Crippen LogP contribution is -2.35. The lowest BCUT2D eigenvalue weighted by molar-refractivity contribution is -0.0526. The van der Waals surface area contributed by atoms with Crippen molar-refractivity contribution in [1.82, 2.24) is 5.32 Å². The van der Waals surface area contributed by atoms with E-state index in [1.807, 2.05) is 6.07 Å². The summed E-state index contributed by atoms with van der Waals surface area (Å²) in [6.45, 7) is 4.31. The van der Waals surface area contributed by atoms with E-state index in [1.165, 1.54) is 6.07 Å². The van der Waals surface area contributed by atoms with E-state index >= 15 is 0 Å². The molecule has 1 fully saturated rings. The van der Waals surface area contributed by atoms with Crippen molar-refractivity contribution in [3.63, 3.8) is 0 Å². The number of nitrogens with one attached hydrogen (secondary N) is 1. The summed E-state index contributed by atoms with van der Waals surface area (Å²) in [5.74, 6) is -0.369. The first-order valence-corrected chi connectivity index (χ1v) is 7.48. The molecule has 3 nitrogen and oxygen atoms in total. The van der Waals surface area contributed by atoms with E-state index in [0.717, 1.165) is 24.9 Å². The van der Waals surface area contributed by atoms with Gasteiger partial charge in [0.05, 0.1) is 18.2 Å². The van der Waals surface area contributed by atoms with E-state index < -0.39 is 0 Å². The molecular formula is C15H21ClFNO2.